The Hall–Kier alpha value is -1.65. The number of carboxylic acid groups (broad SMARTS) is 1. The first-order valence-electron chi connectivity index (χ1n) is 6.52. The van der Waals surface area contributed by atoms with Gasteiger partial charge in [0.15, 0.2) is 0 Å². The van der Waals surface area contributed by atoms with Crippen LogP contribution in [-0.2, 0) is 16.8 Å². The van der Waals surface area contributed by atoms with E-state index in [0.29, 0.717) is 6.54 Å². The highest BCUT2D eigenvalue weighted by atomic mass is 32.1. The number of hydrogen-bond acceptors (Lipinski definition) is 3. The Kier molecular flexibility index (Phi) is 4.57. The van der Waals surface area contributed by atoms with Gasteiger partial charge in [-0.15, -0.1) is 11.3 Å². The molecule has 1 aromatic heterocycles. The second-order valence-corrected chi connectivity index (χ2v) is 6.29. The molecule has 0 bridgehead atoms. The first-order valence-corrected chi connectivity index (χ1v) is 7.40. The molecular formula is C16H19NO2S. The highest BCUT2D eigenvalue weighted by molar-refractivity contribution is 7.09. The number of aliphatic carboxylic acids is 1. The van der Waals surface area contributed by atoms with Crippen LogP contribution in [0.15, 0.2) is 47.8 Å². The predicted octanol–water partition coefficient (Wildman–Crippen LogP) is 3.22. The first-order chi connectivity index (χ1) is 9.52. The number of nitrogens with zero attached hydrogens (tertiary/aromatic N) is 1. The lowest BCUT2D eigenvalue weighted by atomic mass is 9.82. The molecule has 0 aliphatic heterocycles. The summed E-state index contributed by atoms with van der Waals surface area (Å²) in [6.07, 6.45) is 0. The molecule has 1 atom stereocenters. The van der Waals surface area contributed by atoms with E-state index in [0.717, 1.165) is 12.1 Å². The average Bonchev–Trinajstić information content (AvgIpc) is 2.92. The van der Waals surface area contributed by atoms with Gasteiger partial charge in [-0.25, -0.2) is 0 Å². The Balaban J connectivity index is 2.15. The van der Waals surface area contributed by atoms with E-state index in [1.54, 1.807) is 18.3 Å². The molecule has 0 aliphatic rings. The summed E-state index contributed by atoms with van der Waals surface area (Å²) in [5, 5.41) is 11.7. The molecule has 1 N–H and O–H groups in total. The van der Waals surface area contributed by atoms with Crippen LogP contribution in [0.2, 0.25) is 0 Å². The van der Waals surface area contributed by atoms with Crippen molar-refractivity contribution < 1.29 is 9.90 Å². The van der Waals surface area contributed by atoms with Gasteiger partial charge in [-0.05, 0) is 31.0 Å². The van der Waals surface area contributed by atoms with Crippen LogP contribution < -0.4 is 0 Å². The zero-order valence-corrected chi connectivity index (χ0v) is 12.6. The highest BCUT2D eigenvalue weighted by Crippen LogP contribution is 2.26. The van der Waals surface area contributed by atoms with Crippen LogP contribution in [0.5, 0.6) is 0 Å². The van der Waals surface area contributed by atoms with Crippen molar-refractivity contribution in [3.8, 4) is 0 Å². The van der Waals surface area contributed by atoms with Crippen LogP contribution in [-0.4, -0.2) is 29.6 Å². The molecule has 0 spiro atoms. The van der Waals surface area contributed by atoms with Gasteiger partial charge < -0.3 is 5.11 Å². The molecule has 0 fully saturated rings. The first kappa shape index (κ1) is 14.8. The number of likely N-dealkylation sites (N-methyl/N-ethyl adjacent to an activating group) is 1. The van der Waals surface area contributed by atoms with Gasteiger partial charge in [-0.3, -0.25) is 9.69 Å². The molecule has 2 aromatic rings. The summed E-state index contributed by atoms with van der Waals surface area (Å²) in [6.45, 7) is 3.03. The molecule has 1 aromatic carbocycles. The molecule has 106 valence electrons. The second-order valence-electron chi connectivity index (χ2n) is 5.25. The van der Waals surface area contributed by atoms with Gasteiger partial charge in [0.2, 0.25) is 0 Å². The van der Waals surface area contributed by atoms with Crippen molar-refractivity contribution in [2.45, 2.75) is 18.9 Å². The Morgan fingerprint density at radius 3 is 2.50 bits per heavy atom. The lowest BCUT2D eigenvalue weighted by Gasteiger charge is -2.30. The summed E-state index contributed by atoms with van der Waals surface area (Å²) >= 11 is 1.69. The van der Waals surface area contributed by atoms with Gasteiger partial charge in [0.05, 0.1) is 0 Å². The third kappa shape index (κ3) is 3.26. The maximum atomic E-state index is 11.7. The number of thiophene rings is 1. The van der Waals surface area contributed by atoms with Crippen LogP contribution in [0.25, 0.3) is 0 Å². The SMILES string of the molecule is CN(Cc1cccs1)CC(C)(C(=O)O)c1ccccc1. The van der Waals surface area contributed by atoms with E-state index >= 15 is 0 Å². The quantitative estimate of drug-likeness (QED) is 0.887. The average molecular weight is 289 g/mol. The number of carboxylic acids is 1. The second kappa shape index (κ2) is 6.20. The molecular weight excluding hydrogens is 270 g/mol. The summed E-state index contributed by atoms with van der Waals surface area (Å²) < 4.78 is 0. The van der Waals surface area contributed by atoms with Crippen LogP contribution in [0, 0.1) is 0 Å². The van der Waals surface area contributed by atoms with E-state index in [9.17, 15) is 9.90 Å². The normalized spacial score (nSPS) is 14.2. The molecule has 0 saturated carbocycles. The minimum Gasteiger partial charge on any atom is -0.481 e. The van der Waals surface area contributed by atoms with Gasteiger partial charge in [0.25, 0.3) is 0 Å². The van der Waals surface area contributed by atoms with Crippen LogP contribution in [0.1, 0.15) is 17.4 Å². The fourth-order valence-corrected chi connectivity index (χ4v) is 3.14. The summed E-state index contributed by atoms with van der Waals surface area (Å²) in [5.41, 5.74) is -0.0571. The number of benzene rings is 1. The number of carbonyl (C=O) groups is 1. The smallest absolute Gasteiger partial charge is 0.315 e. The largest absolute Gasteiger partial charge is 0.481 e. The molecule has 2 rings (SSSR count). The summed E-state index contributed by atoms with van der Waals surface area (Å²) in [4.78, 5) is 15.0. The minimum atomic E-state index is -0.896. The third-order valence-corrected chi connectivity index (χ3v) is 4.34. The lowest BCUT2D eigenvalue weighted by molar-refractivity contribution is -0.144. The Morgan fingerprint density at radius 1 is 1.25 bits per heavy atom. The molecule has 4 heteroatoms. The molecule has 1 heterocycles. The molecule has 0 radical (unpaired) electrons. The van der Waals surface area contributed by atoms with Gasteiger partial charge in [0.1, 0.15) is 5.41 Å². The molecule has 0 saturated heterocycles. The molecule has 0 aliphatic carbocycles. The number of rotatable bonds is 6. The van der Waals surface area contributed by atoms with Crippen LogP contribution in [0.3, 0.4) is 0 Å². The Labute approximate surface area is 123 Å². The van der Waals surface area contributed by atoms with Gasteiger partial charge in [-0.2, -0.15) is 0 Å². The maximum Gasteiger partial charge on any atom is 0.315 e. The maximum absolute atomic E-state index is 11.7. The van der Waals surface area contributed by atoms with Crippen molar-refractivity contribution in [3.05, 3.63) is 58.3 Å². The Morgan fingerprint density at radius 2 is 1.95 bits per heavy atom. The van der Waals surface area contributed by atoms with E-state index in [4.69, 9.17) is 0 Å². The summed E-state index contributed by atoms with van der Waals surface area (Å²) in [7, 11) is 1.96. The molecule has 20 heavy (non-hydrogen) atoms. The van der Waals surface area contributed by atoms with Crippen LogP contribution >= 0.6 is 11.3 Å². The van der Waals surface area contributed by atoms with E-state index in [1.165, 1.54) is 4.88 Å². The standard InChI is InChI=1S/C16H19NO2S/c1-16(15(18)19,13-7-4-3-5-8-13)12-17(2)11-14-9-6-10-20-14/h3-10H,11-12H2,1-2H3,(H,18,19). The predicted molar refractivity (Wildman–Crippen MR) is 82.1 cm³/mol. The zero-order chi connectivity index (χ0) is 14.6. The van der Waals surface area contributed by atoms with Crippen molar-refractivity contribution in [2.24, 2.45) is 0 Å². The van der Waals surface area contributed by atoms with Gasteiger partial charge in [0, 0.05) is 18.0 Å². The molecule has 0 amide bonds. The van der Waals surface area contributed by atoms with Crippen molar-refractivity contribution in [1.82, 2.24) is 4.90 Å². The number of hydrogen-bond donors (Lipinski definition) is 1. The van der Waals surface area contributed by atoms with Crippen molar-refractivity contribution in [3.63, 3.8) is 0 Å². The topological polar surface area (TPSA) is 40.5 Å². The van der Waals surface area contributed by atoms with Crippen LogP contribution in [0.4, 0.5) is 0 Å². The molecule has 3 nitrogen and oxygen atoms in total. The van der Waals surface area contributed by atoms with E-state index in [2.05, 4.69) is 11.0 Å². The van der Waals surface area contributed by atoms with Crippen molar-refractivity contribution in [2.75, 3.05) is 13.6 Å². The summed E-state index contributed by atoms with van der Waals surface area (Å²) in [6, 6.07) is 13.5. The van der Waals surface area contributed by atoms with Crippen molar-refractivity contribution >= 4 is 17.3 Å². The summed E-state index contributed by atoms with van der Waals surface area (Å²) in [5.74, 6) is -0.790. The van der Waals surface area contributed by atoms with E-state index in [-0.39, 0.29) is 0 Å². The fourth-order valence-electron chi connectivity index (χ4n) is 2.35. The monoisotopic (exact) mass is 289 g/mol. The third-order valence-electron chi connectivity index (χ3n) is 3.47. The van der Waals surface area contributed by atoms with E-state index in [1.807, 2.05) is 48.8 Å². The lowest BCUT2D eigenvalue weighted by Crippen LogP contribution is -2.42. The van der Waals surface area contributed by atoms with Gasteiger partial charge in [-0.1, -0.05) is 36.4 Å². The van der Waals surface area contributed by atoms with E-state index < -0.39 is 11.4 Å². The van der Waals surface area contributed by atoms with Crippen molar-refractivity contribution in [1.29, 1.82) is 0 Å². The fraction of sp³-hybridized carbons (Fsp3) is 0.312. The zero-order valence-electron chi connectivity index (χ0n) is 11.7. The minimum absolute atomic E-state index is 0.476. The highest BCUT2D eigenvalue weighted by Gasteiger charge is 2.36. The Bertz CT molecular complexity index is 553. The molecule has 1 unspecified atom stereocenters. The van der Waals surface area contributed by atoms with Gasteiger partial charge >= 0.3 is 5.97 Å².